The number of fused-ring (bicyclic) bond motifs is 1. The minimum absolute atomic E-state index is 0.0800. The summed E-state index contributed by atoms with van der Waals surface area (Å²) in [5, 5.41) is 1.87. The summed E-state index contributed by atoms with van der Waals surface area (Å²) in [6.45, 7) is 2.31. The Morgan fingerprint density at radius 2 is 1.65 bits per heavy atom. The van der Waals surface area contributed by atoms with E-state index in [2.05, 4.69) is 4.74 Å². The zero-order valence-corrected chi connectivity index (χ0v) is 18.2. The summed E-state index contributed by atoms with van der Waals surface area (Å²) >= 11 is 1.43. The average Bonchev–Trinajstić information content (AvgIpc) is 3.33. The van der Waals surface area contributed by atoms with Gasteiger partial charge in [0.25, 0.3) is 0 Å². The molecule has 0 atom stereocenters. The second kappa shape index (κ2) is 8.90. The molecule has 0 saturated heterocycles. The monoisotopic (exact) mass is 496 g/mol. The topological polar surface area (TPSA) is 61.8 Å². The van der Waals surface area contributed by atoms with Gasteiger partial charge in [-0.25, -0.2) is 18.0 Å². The zero-order valence-electron chi connectivity index (χ0n) is 17.4. The molecule has 11 heteroatoms. The van der Waals surface area contributed by atoms with Crippen LogP contribution in [0.4, 0.5) is 22.0 Å². The minimum Gasteiger partial charge on any atom is -0.476 e. The van der Waals surface area contributed by atoms with E-state index in [0.717, 1.165) is 10.4 Å². The van der Waals surface area contributed by atoms with Gasteiger partial charge < -0.3 is 14.2 Å². The van der Waals surface area contributed by atoms with Crippen LogP contribution in [0.25, 0.3) is 6.08 Å². The smallest absolute Gasteiger partial charge is 0.349 e. The first-order chi connectivity index (χ1) is 16.1. The molecule has 176 valence electrons. The van der Waals surface area contributed by atoms with Crippen molar-refractivity contribution < 1.29 is 45.8 Å². The molecule has 4 rings (SSSR count). The minimum atomic E-state index is -2.35. The lowest BCUT2D eigenvalue weighted by atomic mass is 10.0. The van der Waals surface area contributed by atoms with Gasteiger partial charge in [-0.1, -0.05) is 0 Å². The van der Waals surface area contributed by atoms with Crippen molar-refractivity contribution in [3.63, 3.8) is 0 Å². The molecule has 0 saturated carbocycles. The summed E-state index contributed by atoms with van der Waals surface area (Å²) < 4.78 is 82.1. The first-order valence-corrected chi connectivity index (χ1v) is 10.4. The number of carbonyl (C=O) groups excluding carboxylic acids is 2. The van der Waals surface area contributed by atoms with E-state index in [9.17, 15) is 31.5 Å². The Balaban J connectivity index is 1.50. The maximum absolute atomic E-state index is 13.7. The number of Topliss-reactive ketones (excluding diaryl/α,β-unsaturated/α-hetero) is 1. The Morgan fingerprint density at radius 3 is 2.26 bits per heavy atom. The third-order valence-electron chi connectivity index (χ3n) is 4.84. The Hall–Kier alpha value is -3.73. The molecule has 0 N–H and O–H groups in total. The highest BCUT2D eigenvalue weighted by atomic mass is 32.1. The Bertz CT molecular complexity index is 1350. The van der Waals surface area contributed by atoms with Crippen molar-refractivity contribution in [3.8, 4) is 17.2 Å². The van der Waals surface area contributed by atoms with Crippen LogP contribution in [0.15, 0.2) is 29.3 Å². The number of ether oxygens (including phenoxy) is 3. The first kappa shape index (κ1) is 23.4. The maximum atomic E-state index is 13.7. The van der Waals surface area contributed by atoms with Gasteiger partial charge in [-0.2, -0.15) is 8.78 Å². The molecule has 0 fully saturated rings. The normalized spacial score (nSPS) is 13.7. The summed E-state index contributed by atoms with van der Waals surface area (Å²) in [5.74, 6) is -14.2. The number of benzene rings is 2. The Labute approximate surface area is 193 Å². The molecule has 0 bridgehead atoms. The van der Waals surface area contributed by atoms with Gasteiger partial charge in [-0.15, -0.1) is 11.3 Å². The molecule has 1 aromatic heterocycles. The lowest BCUT2D eigenvalue weighted by molar-refractivity contribution is -0.136. The third-order valence-corrected chi connectivity index (χ3v) is 5.81. The van der Waals surface area contributed by atoms with E-state index in [-0.39, 0.29) is 28.6 Å². The molecule has 1 aliphatic rings. The Morgan fingerprint density at radius 1 is 1.00 bits per heavy atom. The average molecular weight is 496 g/mol. The molecule has 2 heterocycles. The van der Waals surface area contributed by atoms with Gasteiger partial charge in [-0.3, -0.25) is 4.79 Å². The largest absolute Gasteiger partial charge is 0.476 e. The summed E-state index contributed by atoms with van der Waals surface area (Å²) in [6.07, 6.45) is 1.60. The highest BCUT2D eigenvalue weighted by Crippen LogP contribution is 2.38. The van der Waals surface area contributed by atoms with Gasteiger partial charge in [0.2, 0.25) is 34.9 Å². The van der Waals surface area contributed by atoms with Crippen LogP contribution in [-0.2, 0) is 4.79 Å². The maximum Gasteiger partial charge on any atom is 0.349 e. The van der Waals surface area contributed by atoms with Crippen molar-refractivity contribution in [2.24, 2.45) is 0 Å². The number of esters is 1. The van der Waals surface area contributed by atoms with Gasteiger partial charge in [0.05, 0.1) is 5.56 Å². The fourth-order valence-electron chi connectivity index (χ4n) is 3.19. The van der Waals surface area contributed by atoms with E-state index < -0.39 is 47.4 Å². The van der Waals surface area contributed by atoms with Gasteiger partial charge in [0.1, 0.15) is 11.5 Å². The summed E-state index contributed by atoms with van der Waals surface area (Å²) in [7, 11) is 0. The first-order valence-electron chi connectivity index (χ1n) is 9.56. The number of carbonyl (C=O) groups is 2. The van der Waals surface area contributed by atoms with Crippen LogP contribution in [0.2, 0.25) is 0 Å². The summed E-state index contributed by atoms with van der Waals surface area (Å²) in [5.41, 5.74) is 1.67. The number of aryl methyl sites for hydroxylation is 2. The summed E-state index contributed by atoms with van der Waals surface area (Å²) in [6, 6.07) is 4.51. The van der Waals surface area contributed by atoms with E-state index >= 15 is 0 Å². The fourth-order valence-corrected chi connectivity index (χ4v) is 4.04. The number of hydrogen-bond donors (Lipinski definition) is 0. The lowest BCUT2D eigenvalue weighted by Gasteiger charge is -2.11. The van der Waals surface area contributed by atoms with Crippen molar-refractivity contribution in [1.82, 2.24) is 0 Å². The summed E-state index contributed by atoms with van der Waals surface area (Å²) in [4.78, 5) is 25.6. The fraction of sp³-hybridized carbons (Fsp3) is 0.130. The van der Waals surface area contributed by atoms with Crippen LogP contribution in [0.3, 0.4) is 0 Å². The number of thiophene rings is 1. The third kappa shape index (κ3) is 4.14. The SMILES string of the molecule is Cc1ccsc1/C=C1\Oc2cc(OC(=O)COc3c(F)c(F)c(F)c(F)c3F)cc(C)c2C1=O. The molecule has 3 aromatic rings. The zero-order chi connectivity index (χ0) is 24.7. The highest BCUT2D eigenvalue weighted by molar-refractivity contribution is 7.11. The van der Waals surface area contributed by atoms with Crippen LogP contribution in [-0.4, -0.2) is 18.4 Å². The standard InChI is InChI=1S/C23H13F5O5S/c1-9-3-4-34-14(9)7-13-22(30)16-10(2)5-11(6-12(16)33-13)32-15(29)8-31-23-20(27)18(25)17(24)19(26)21(23)28/h3-7H,8H2,1-2H3/b13-7-. The second-order valence-electron chi connectivity index (χ2n) is 7.18. The molecule has 2 aromatic carbocycles. The number of hydrogen-bond acceptors (Lipinski definition) is 6. The van der Waals surface area contributed by atoms with Crippen LogP contribution >= 0.6 is 11.3 Å². The van der Waals surface area contributed by atoms with Crippen LogP contribution in [0.1, 0.15) is 26.4 Å². The van der Waals surface area contributed by atoms with Gasteiger partial charge in [0.15, 0.2) is 18.1 Å². The van der Waals surface area contributed by atoms with E-state index in [4.69, 9.17) is 9.47 Å². The van der Waals surface area contributed by atoms with Crippen molar-refractivity contribution >= 4 is 29.2 Å². The molecule has 0 radical (unpaired) electrons. The molecule has 0 spiro atoms. The lowest BCUT2D eigenvalue weighted by Crippen LogP contribution is -2.19. The van der Waals surface area contributed by atoms with Crippen LogP contribution in [0.5, 0.6) is 17.2 Å². The molecule has 1 aliphatic heterocycles. The van der Waals surface area contributed by atoms with Crippen molar-refractivity contribution in [2.45, 2.75) is 13.8 Å². The predicted molar refractivity (Wildman–Crippen MR) is 111 cm³/mol. The Kier molecular flexibility index (Phi) is 6.13. The second-order valence-corrected chi connectivity index (χ2v) is 8.13. The molecule has 0 unspecified atom stereocenters. The van der Waals surface area contributed by atoms with Gasteiger partial charge in [0, 0.05) is 17.0 Å². The van der Waals surface area contributed by atoms with Crippen LogP contribution in [0, 0.1) is 42.9 Å². The van der Waals surface area contributed by atoms with Gasteiger partial charge in [-0.05, 0) is 42.5 Å². The number of allylic oxidation sites excluding steroid dienone is 1. The number of ketones is 1. The van der Waals surface area contributed by atoms with Gasteiger partial charge >= 0.3 is 5.97 Å². The highest BCUT2D eigenvalue weighted by Gasteiger charge is 2.31. The van der Waals surface area contributed by atoms with Crippen molar-refractivity contribution in [2.75, 3.05) is 6.61 Å². The van der Waals surface area contributed by atoms with Crippen molar-refractivity contribution in [3.05, 3.63) is 80.0 Å². The molecular weight excluding hydrogens is 483 g/mol. The molecule has 0 aliphatic carbocycles. The molecule has 5 nitrogen and oxygen atoms in total. The number of halogens is 5. The molecular formula is C23H13F5O5S. The predicted octanol–water partition coefficient (Wildman–Crippen LogP) is 5.66. The van der Waals surface area contributed by atoms with E-state index in [1.54, 1.807) is 13.0 Å². The van der Waals surface area contributed by atoms with E-state index in [1.807, 2.05) is 18.4 Å². The van der Waals surface area contributed by atoms with E-state index in [0.29, 0.717) is 5.56 Å². The quantitative estimate of drug-likeness (QED) is 0.114. The van der Waals surface area contributed by atoms with Crippen molar-refractivity contribution in [1.29, 1.82) is 0 Å². The van der Waals surface area contributed by atoms with E-state index in [1.165, 1.54) is 23.5 Å². The molecule has 34 heavy (non-hydrogen) atoms. The van der Waals surface area contributed by atoms with Crippen LogP contribution < -0.4 is 14.2 Å². The molecule has 0 amide bonds. The number of rotatable bonds is 5.